The van der Waals surface area contributed by atoms with Crippen molar-refractivity contribution in [2.24, 2.45) is 0 Å². The largest absolute Gasteiger partial charge is 0.455 e. The van der Waals surface area contributed by atoms with Crippen molar-refractivity contribution in [1.82, 2.24) is 0 Å². The maximum absolute atomic E-state index is 5.91. The molecule has 19 heavy (non-hydrogen) atoms. The molecule has 0 spiro atoms. The van der Waals surface area contributed by atoms with E-state index in [1.807, 2.05) is 12.1 Å². The predicted molar refractivity (Wildman–Crippen MR) is 81.5 cm³/mol. The van der Waals surface area contributed by atoms with Gasteiger partial charge in [-0.05, 0) is 30.5 Å². The molecular formula is C15H8O2S2. The Balaban J connectivity index is 2.06. The average molecular weight is 284 g/mol. The van der Waals surface area contributed by atoms with Gasteiger partial charge in [0.15, 0.2) is 0 Å². The Kier molecular flexibility index (Phi) is 1.70. The number of hydrogen-bond acceptors (Lipinski definition) is 4. The molecule has 4 aromatic heterocycles. The topological polar surface area (TPSA) is 26.3 Å². The maximum Gasteiger partial charge on any atom is 0.146 e. The molecule has 92 valence electrons. The Labute approximate surface area is 115 Å². The normalized spacial score (nSPS) is 12.5. The number of benzene rings is 1. The fourth-order valence-electron chi connectivity index (χ4n) is 2.65. The molecule has 4 heteroatoms. The van der Waals surface area contributed by atoms with Crippen molar-refractivity contribution < 1.29 is 8.83 Å². The summed E-state index contributed by atoms with van der Waals surface area (Å²) in [5, 5.41) is 4.45. The van der Waals surface area contributed by atoms with Gasteiger partial charge in [0.2, 0.25) is 0 Å². The molecule has 5 rings (SSSR count). The van der Waals surface area contributed by atoms with Crippen molar-refractivity contribution in [2.45, 2.75) is 6.92 Å². The number of furan rings is 2. The zero-order valence-corrected chi connectivity index (χ0v) is 11.7. The van der Waals surface area contributed by atoms with Crippen LogP contribution in [0.15, 0.2) is 38.5 Å². The van der Waals surface area contributed by atoms with Crippen molar-refractivity contribution in [1.29, 1.82) is 0 Å². The molecule has 0 saturated carbocycles. The molecule has 0 saturated heterocycles. The summed E-state index contributed by atoms with van der Waals surface area (Å²) < 4.78 is 14.2. The third kappa shape index (κ3) is 1.20. The summed E-state index contributed by atoms with van der Waals surface area (Å²) in [7, 11) is 0. The van der Waals surface area contributed by atoms with Crippen LogP contribution >= 0.6 is 22.7 Å². The summed E-state index contributed by atoms with van der Waals surface area (Å²) in [4.78, 5) is 1.28. The minimum atomic E-state index is 0.910. The third-order valence-electron chi connectivity index (χ3n) is 3.46. The SMILES string of the molecule is Cc1cc2oc3cc4oc5ccsc5c4cc3c2s1. The molecule has 2 nitrogen and oxygen atoms in total. The average Bonchev–Trinajstić information content (AvgIpc) is 3.05. The standard InChI is InChI=1S/C15H8O2S2/c1-7-4-13-15(19-7)9-5-8-11(6-12(9)17-13)16-10-2-3-18-14(8)10/h2-6H,1H3. The first-order valence-electron chi connectivity index (χ1n) is 6.02. The highest BCUT2D eigenvalue weighted by Crippen LogP contribution is 2.40. The molecule has 1 aromatic carbocycles. The van der Waals surface area contributed by atoms with Crippen LogP contribution in [0.3, 0.4) is 0 Å². The highest BCUT2D eigenvalue weighted by atomic mass is 32.1. The van der Waals surface area contributed by atoms with E-state index in [4.69, 9.17) is 8.83 Å². The second kappa shape index (κ2) is 3.21. The van der Waals surface area contributed by atoms with Crippen molar-refractivity contribution in [3.63, 3.8) is 0 Å². The van der Waals surface area contributed by atoms with Gasteiger partial charge >= 0.3 is 0 Å². The van der Waals surface area contributed by atoms with Gasteiger partial charge in [0, 0.05) is 21.7 Å². The smallest absolute Gasteiger partial charge is 0.146 e. The van der Waals surface area contributed by atoms with E-state index < -0.39 is 0 Å². The summed E-state index contributed by atoms with van der Waals surface area (Å²) in [6, 6.07) is 8.34. The van der Waals surface area contributed by atoms with Gasteiger partial charge in [-0.25, -0.2) is 0 Å². The fourth-order valence-corrected chi connectivity index (χ4v) is 4.45. The van der Waals surface area contributed by atoms with Gasteiger partial charge in [-0.1, -0.05) is 0 Å². The van der Waals surface area contributed by atoms with Crippen LogP contribution in [0.1, 0.15) is 4.88 Å². The van der Waals surface area contributed by atoms with Crippen LogP contribution in [-0.2, 0) is 0 Å². The van der Waals surface area contributed by atoms with Crippen LogP contribution in [0.2, 0.25) is 0 Å². The molecule has 0 N–H and O–H groups in total. The summed E-state index contributed by atoms with van der Waals surface area (Å²) in [5.74, 6) is 0. The summed E-state index contributed by atoms with van der Waals surface area (Å²) >= 11 is 3.51. The van der Waals surface area contributed by atoms with Crippen LogP contribution in [0.5, 0.6) is 0 Å². The molecule has 0 aliphatic carbocycles. The van der Waals surface area contributed by atoms with Crippen molar-refractivity contribution in [2.75, 3.05) is 0 Å². The second-order valence-corrected chi connectivity index (χ2v) is 6.89. The van der Waals surface area contributed by atoms with Gasteiger partial charge in [0.05, 0.1) is 9.40 Å². The minimum absolute atomic E-state index is 0.910. The van der Waals surface area contributed by atoms with Crippen LogP contribution in [-0.4, -0.2) is 0 Å². The monoisotopic (exact) mass is 284 g/mol. The highest BCUT2D eigenvalue weighted by Gasteiger charge is 2.15. The molecule has 4 heterocycles. The second-order valence-electron chi connectivity index (χ2n) is 4.71. The summed E-state index contributed by atoms with van der Waals surface area (Å²) in [5.41, 5.74) is 3.77. The van der Waals surface area contributed by atoms with E-state index in [1.165, 1.54) is 25.0 Å². The van der Waals surface area contributed by atoms with E-state index in [9.17, 15) is 0 Å². The molecule has 0 fully saturated rings. The molecule has 0 radical (unpaired) electrons. The molecule has 5 aromatic rings. The predicted octanol–water partition coefficient (Wildman–Crippen LogP) is 5.92. The lowest BCUT2D eigenvalue weighted by Gasteiger charge is -1.90. The number of thiophene rings is 2. The third-order valence-corrected chi connectivity index (χ3v) is 5.46. The lowest BCUT2D eigenvalue weighted by atomic mass is 10.2. The summed E-state index contributed by atoms with van der Waals surface area (Å²) in [6.07, 6.45) is 0. The molecule has 0 aliphatic heterocycles. The van der Waals surface area contributed by atoms with Crippen LogP contribution < -0.4 is 0 Å². The number of aryl methyl sites for hydroxylation is 1. The van der Waals surface area contributed by atoms with Gasteiger partial charge in [-0.2, -0.15) is 0 Å². The molecule has 0 unspecified atom stereocenters. The van der Waals surface area contributed by atoms with Gasteiger partial charge in [0.25, 0.3) is 0 Å². The Morgan fingerprint density at radius 1 is 0.842 bits per heavy atom. The molecule has 0 aliphatic rings. The first kappa shape index (κ1) is 10.1. The van der Waals surface area contributed by atoms with Gasteiger partial charge < -0.3 is 8.83 Å². The Morgan fingerprint density at radius 3 is 2.53 bits per heavy atom. The van der Waals surface area contributed by atoms with E-state index in [0.29, 0.717) is 0 Å². The summed E-state index contributed by atoms with van der Waals surface area (Å²) in [6.45, 7) is 2.11. The zero-order chi connectivity index (χ0) is 12.6. The van der Waals surface area contributed by atoms with E-state index in [2.05, 4.69) is 24.4 Å². The highest BCUT2D eigenvalue weighted by molar-refractivity contribution is 7.20. The lowest BCUT2D eigenvalue weighted by molar-refractivity contribution is 0.657. The van der Waals surface area contributed by atoms with Gasteiger partial charge in [-0.3, -0.25) is 0 Å². The minimum Gasteiger partial charge on any atom is -0.455 e. The molecular weight excluding hydrogens is 276 g/mol. The van der Waals surface area contributed by atoms with Crippen molar-refractivity contribution >= 4 is 65.2 Å². The first-order chi connectivity index (χ1) is 9.29. The first-order valence-corrected chi connectivity index (χ1v) is 7.71. The molecule has 0 amide bonds. The zero-order valence-electron chi connectivity index (χ0n) is 10.0. The van der Waals surface area contributed by atoms with Crippen molar-refractivity contribution in [3.8, 4) is 0 Å². The quantitative estimate of drug-likeness (QED) is 0.353. The molecule has 0 atom stereocenters. The van der Waals surface area contributed by atoms with E-state index >= 15 is 0 Å². The number of rotatable bonds is 0. The Morgan fingerprint density at radius 2 is 1.63 bits per heavy atom. The van der Waals surface area contributed by atoms with Gasteiger partial charge in [-0.15, -0.1) is 22.7 Å². The van der Waals surface area contributed by atoms with Gasteiger partial charge in [0.1, 0.15) is 22.3 Å². The number of hydrogen-bond donors (Lipinski definition) is 0. The van der Waals surface area contributed by atoms with Crippen LogP contribution in [0, 0.1) is 6.92 Å². The maximum atomic E-state index is 5.91. The Bertz CT molecular complexity index is 1070. The molecule has 0 bridgehead atoms. The fraction of sp³-hybridized carbons (Fsp3) is 0.0667. The van der Waals surface area contributed by atoms with E-state index in [1.54, 1.807) is 22.7 Å². The van der Waals surface area contributed by atoms with E-state index in [-0.39, 0.29) is 0 Å². The van der Waals surface area contributed by atoms with Crippen molar-refractivity contribution in [3.05, 3.63) is 34.5 Å². The Hall–Kier alpha value is -1.78. The van der Waals surface area contributed by atoms with Crippen LogP contribution in [0.25, 0.3) is 42.5 Å². The lowest BCUT2D eigenvalue weighted by Crippen LogP contribution is -1.66. The van der Waals surface area contributed by atoms with Crippen LogP contribution in [0.4, 0.5) is 0 Å². The van der Waals surface area contributed by atoms with E-state index in [0.717, 1.165) is 22.3 Å². The number of fused-ring (bicyclic) bond motifs is 6.